The quantitative estimate of drug-likeness (QED) is 0.432. The summed E-state index contributed by atoms with van der Waals surface area (Å²) < 4.78 is 35.7. The average Bonchev–Trinajstić information content (AvgIpc) is 2.56. The zero-order chi connectivity index (χ0) is 11.4. The van der Waals surface area contributed by atoms with Crippen LogP contribution < -0.4 is 0 Å². The highest BCUT2D eigenvalue weighted by Gasteiger charge is 2.48. The minimum Gasteiger partial charge on any atom is -0.394 e. The van der Waals surface area contributed by atoms with Crippen molar-refractivity contribution in [1.82, 2.24) is 0 Å². The van der Waals surface area contributed by atoms with Crippen molar-refractivity contribution in [3.63, 3.8) is 0 Å². The Balaban J connectivity index is 2.81. The van der Waals surface area contributed by atoms with Crippen LogP contribution in [-0.2, 0) is 9.47 Å². The van der Waals surface area contributed by atoms with Gasteiger partial charge in [0.15, 0.2) is 0 Å². The molecule has 0 saturated carbocycles. The molecule has 0 aromatic carbocycles. The lowest BCUT2D eigenvalue weighted by Gasteiger charge is -2.17. The lowest BCUT2D eigenvalue weighted by Crippen LogP contribution is -2.34. The Morgan fingerprint density at radius 2 is 2.40 bits per heavy atom. The molecule has 1 aliphatic heterocycles. The van der Waals surface area contributed by atoms with Crippen molar-refractivity contribution in [3.05, 3.63) is 10.4 Å². The molecule has 15 heavy (non-hydrogen) atoms. The highest BCUT2D eigenvalue weighted by Crippen LogP contribution is 2.30. The van der Waals surface area contributed by atoms with Crippen LogP contribution in [0.1, 0.15) is 0 Å². The number of rotatable bonds is 4. The molecule has 6 nitrogen and oxygen atoms in total. The van der Waals surface area contributed by atoms with Crippen LogP contribution >= 0.6 is 0 Å². The molecule has 0 amide bonds. The summed E-state index contributed by atoms with van der Waals surface area (Å²) in [7, 11) is 1.08. The highest BCUT2D eigenvalue weighted by molar-refractivity contribution is 4.97. The number of hydrogen-bond donors (Lipinski definition) is 1. The molecule has 1 saturated heterocycles. The van der Waals surface area contributed by atoms with Crippen LogP contribution in [0.25, 0.3) is 10.4 Å². The van der Waals surface area contributed by atoms with E-state index in [4.69, 9.17) is 15.4 Å². The molecule has 1 rings (SSSR count). The Kier molecular flexibility index (Phi) is 4.22. The second-order valence-electron chi connectivity index (χ2n) is 3.05. The second-order valence-corrected chi connectivity index (χ2v) is 3.05. The van der Waals surface area contributed by atoms with Crippen molar-refractivity contribution < 1.29 is 23.4 Å². The Morgan fingerprint density at radius 3 is 2.87 bits per heavy atom. The molecule has 1 aliphatic rings. The minimum atomic E-state index is -1.89. The van der Waals surface area contributed by atoms with Gasteiger partial charge in [-0.3, -0.25) is 0 Å². The van der Waals surface area contributed by atoms with Crippen molar-refractivity contribution in [3.8, 4) is 0 Å². The molecule has 0 bridgehead atoms. The predicted octanol–water partition coefficient (Wildman–Crippen LogP) is 0.705. The number of halogens is 2. The lowest BCUT2D eigenvalue weighted by atomic mass is 10.1. The molecule has 0 radical (unpaired) electrons. The van der Waals surface area contributed by atoms with Crippen molar-refractivity contribution in [2.75, 3.05) is 13.7 Å². The van der Waals surface area contributed by atoms with Crippen LogP contribution in [0.5, 0.6) is 0 Å². The number of azide groups is 1. The van der Waals surface area contributed by atoms with Gasteiger partial charge in [0.2, 0.25) is 6.36 Å². The van der Waals surface area contributed by atoms with E-state index in [1.54, 1.807) is 0 Å². The first kappa shape index (κ1) is 12.1. The third-order valence-electron chi connectivity index (χ3n) is 2.20. The number of aliphatic hydroxyl groups is 1. The molecule has 1 N–H and O–H groups in total. The van der Waals surface area contributed by atoms with Crippen molar-refractivity contribution in [2.24, 2.45) is 5.11 Å². The molecule has 1 fully saturated rings. The molecule has 5 atom stereocenters. The molecule has 2 unspecified atom stereocenters. The number of ether oxygens (including phenoxy) is 2. The van der Waals surface area contributed by atoms with Crippen LogP contribution in [0.2, 0.25) is 0 Å². The average molecular weight is 223 g/mol. The third-order valence-corrected chi connectivity index (χ3v) is 2.20. The maximum atomic E-state index is 13.4. The zero-order valence-electron chi connectivity index (χ0n) is 7.96. The van der Waals surface area contributed by atoms with Crippen LogP contribution in [0, 0.1) is 0 Å². The van der Waals surface area contributed by atoms with E-state index in [1.165, 1.54) is 0 Å². The molecule has 0 spiro atoms. The first-order chi connectivity index (χ1) is 7.15. The van der Waals surface area contributed by atoms with Crippen LogP contribution in [0.15, 0.2) is 5.11 Å². The molecule has 0 aromatic heterocycles. The molecule has 0 aromatic rings. The first-order valence-electron chi connectivity index (χ1n) is 4.27. The maximum absolute atomic E-state index is 13.4. The van der Waals surface area contributed by atoms with Crippen molar-refractivity contribution in [2.45, 2.75) is 30.8 Å². The summed E-state index contributed by atoms with van der Waals surface area (Å²) in [6.45, 7) is -0.606. The fraction of sp³-hybridized carbons (Fsp3) is 1.00. The van der Waals surface area contributed by atoms with Crippen LogP contribution in [0.3, 0.4) is 0 Å². The number of hydrogen-bond acceptors (Lipinski definition) is 4. The van der Waals surface area contributed by atoms with Crippen molar-refractivity contribution in [1.29, 1.82) is 0 Å². The topological polar surface area (TPSA) is 87.5 Å². The number of nitrogens with zero attached hydrogens (tertiary/aromatic N) is 3. The Hall–Kier alpha value is -0.950. The second kappa shape index (κ2) is 5.22. The van der Waals surface area contributed by atoms with Crippen molar-refractivity contribution >= 4 is 0 Å². The largest absolute Gasteiger partial charge is 0.394 e. The van der Waals surface area contributed by atoms with E-state index in [2.05, 4.69) is 14.8 Å². The van der Waals surface area contributed by atoms with Crippen LogP contribution in [-0.4, -0.2) is 49.6 Å². The zero-order valence-corrected chi connectivity index (χ0v) is 7.96. The summed E-state index contributed by atoms with van der Waals surface area (Å²) in [6.07, 6.45) is -6.13. The Labute approximate surface area is 84.4 Å². The van der Waals surface area contributed by atoms with Gasteiger partial charge in [0.05, 0.1) is 6.61 Å². The molecule has 86 valence electrons. The molecular formula is C7H11F2N3O3. The van der Waals surface area contributed by atoms with Gasteiger partial charge in [-0.2, -0.15) is 0 Å². The summed E-state index contributed by atoms with van der Waals surface area (Å²) in [5, 5.41) is 11.8. The molecule has 0 aliphatic carbocycles. The summed E-state index contributed by atoms with van der Waals surface area (Å²) in [4.78, 5) is 2.40. The summed E-state index contributed by atoms with van der Waals surface area (Å²) in [5.41, 5.74) is 8.19. The Morgan fingerprint density at radius 1 is 1.73 bits per heavy atom. The van der Waals surface area contributed by atoms with Gasteiger partial charge >= 0.3 is 0 Å². The third kappa shape index (κ3) is 2.35. The SMILES string of the molecule is COC(F)C1O[C@H](CO)[C@H](F)[C@@H]1N=[N+]=[N-]. The van der Waals surface area contributed by atoms with E-state index in [1.807, 2.05) is 0 Å². The van der Waals surface area contributed by atoms with Gasteiger partial charge in [0.1, 0.15) is 24.4 Å². The van der Waals surface area contributed by atoms with E-state index >= 15 is 0 Å². The van der Waals surface area contributed by atoms with E-state index in [9.17, 15) is 8.78 Å². The summed E-state index contributed by atoms with van der Waals surface area (Å²) in [6, 6.07) is -1.32. The van der Waals surface area contributed by atoms with E-state index in [0.717, 1.165) is 7.11 Å². The normalized spacial score (nSPS) is 37.3. The molecule has 1 heterocycles. The van der Waals surface area contributed by atoms with Crippen LogP contribution in [0.4, 0.5) is 8.78 Å². The van der Waals surface area contributed by atoms with Gasteiger partial charge < -0.3 is 14.6 Å². The minimum absolute atomic E-state index is 0.606. The first-order valence-corrected chi connectivity index (χ1v) is 4.27. The fourth-order valence-corrected chi connectivity index (χ4v) is 1.44. The van der Waals surface area contributed by atoms with Gasteiger partial charge in [0, 0.05) is 12.0 Å². The van der Waals surface area contributed by atoms with Gasteiger partial charge in [-0.15, -0.1) is 0 Å². The maximum Gasteiger partial charge on any atom is 0.225 e. The smallest absolute Gasteiger partial charge is 0.225 e. The van der Waals surface area contributed by atoms with E-state index in [0.29, 0.717) is 0 Å². The van der Waals surface area contributed by atoms with Gasteiger partial charge in [-0.25, -0.2) is 8.78 Å². The monoisotopic (exact) mass is 223 g/mol. The fourth-order valence-electron chi connectivity index (χ4n) is 1.44. The Bertz CT molecular complexity index is 262. The molecule has 8 heteroatoms. The summed E-state index contributed by atoms with van der Waals surface area (Å²) >= 11 is 0. The highest BCUT2D eigenvalue weighted by atomic mass is 19.1. The number of methoxy groups -OCH3 is 1. The lowest BCUT2D eigenvalue weighted by molar-refractivity contribution is -0.123. The van der Waals surface area contributed by atoms with E-state index < -0.39 is 37.4 Å². The van der Waals surface area contributed by atoms with Gasteiger partial charge in [0.25, 0.3) is 0 Å². The number of aliphatic hydroxyl groups excluding tert-OH is 1. The van der Waals surface area contributed by atoms with Gasteiger partial charge in [-0.05, 0) is 5.53 Å². The number of alkyl halides is 2. The molecular weight excluding hydrogens is 212 g/mol. The van der Waals surface area contributed by atoms with Gasteiger partial charge in [-0.1, -0.05) is 5.11 Å². The van der Waals surface area contributed by atoms with E-state index in [-0.39, 0.29) is 0 Å². The standard InChI is InChI=1S/C7H11F2N3O3/c1-14-7(9)6-5(11-12-10)4(8)3(2-13)15-6/h3-7,13H,2H2,1H3/t3-,4+,5+,6?,7?/m1/s1. The predicted molar refractivity (Wildman–Crippen MR) is 45.5 cm³/mol. The summed E-state index contributed by atoms with van der Waals surface area (Å²) in [5.74, 6) is 0.